The van der Waals surface area contributed by atoms with Crippen LogP contribution < -0.4 is 33.5 Å². The Kier molecular flexibility index (Phi) is 8.98. The molecule has 188 valence electrons. The zero-order valence-corrected chi connectivity index (χ0v) is 17.7. The van der Waals surface area contributed by atoms with Gasteiger partial charge in [-0.25, -0.2) is 9.79 Å². The number of aliphatic hydroxyl groups is 3. The van der Waals surface area contributed by atoms with Gasteiger partial charge in [0, 0.05) is 19.2 Å². The molecule has 1 aromatic heterocycles. The van der Waals surface area contributed by atoms with Crippen LogP contribution in [0.4, 0.5) is 0 Å². The Bertz CT molecular complexity index is 1050. The SMILES string of the molecule is NC(=O)CC[C@H](NO)C(=O)NCC(O)C(O)C(C(O)c1c[nH]c(=O)[nH]c1=O)N1C(=O)CN=C1N. The summed E-state index contributed by atoms with van der Waals surface area (Å²) in [6.07, 6.45) is -5.31. The van der Waals surface area contributed by atoms with Gasteiger partial charge < -0.3 is 42.3 Å². The number of aliphatic hydroxyl groups excluding tert-OH is 3. The quantitative estimate of drug-likeness (QED) is 0.124. The van der Waals surface area contributed by atoms with Gasteiger partial charge in [-0.2, -0.15) is 5.48 Å². The second kappa shape index (κ2) is 11.5. The van der Waals surface area contributed by atoms with Gasteiger partial charge in [0.2, 0.25) is 11.8 Å². The van der Waals surface area contributed by atoms with Crippen molar-refractivity contribution in [2.75, 3.05) is 13.1 Å². The summed E-state index contributed by atoms with van der Waals surface area (Å²) in [7, 11) is 0. The van der Waals surface area contributed by atoms with E-state index in [2.05, 4.69) is 15.3 Å². The van der Waals surface area contributed by atoms with Crippen LogP contribution in [0.3, 0.4) is 0 Å². The molecule has 2 rings (SSSR count). The maximum Gasteiger partial charge on any atom is 0.325 e. The molecule has 17 nitrogen and oxygen atoms in total. The van der Waals surface area contributed by atoms with Gasteiger partial charge in [0.25, 0.3) is 11.5 Å². The minimum atomic E-state index is -2.00. The predicted molar refractivity (Wildman–Crippen MR) is 112 cm³/mol. The standard InChI is InChI=1S/C17H26N8O9/c18-9(27)2-1-7(24-34)15(32)20-4-8(26)13(30)11(25-10(28)5-21-16(25)19)12(29)6-3-22-17(33)23-14(6)31/h3,7-8,11-13,24,26,29-30,34H,1-2,4-5H2,(H2,18,27)(H2,19,21)(H,20,32)(H2,22,23,31,33)/t7-,8?,11?,12?,13?/m0/s1. The summed E-state index contributed by atoms with van der Waals surface area (Å²) in [6.45, 7) is -1.06. The first-order valence-corrected chi connectivity index (χ1v) is 9.91. The first-order valence-electron chi connectivity index (χ1n) is 9.91. The summed E-state index contributed by atoms with van der Waals surface area (Å²) in [4.78, 5) is 67.1. The number of primary amides is 1. The van der Waals surface area contributed by atoms with Crippen LogP contribution in [-0.2, 0) is 14.4 Å². The lowest BCUT2D eigenvalue weighted by molar-refractivity contribution is -0.135. The van der Waals surface area contributed by atoms with Crippen LogP contribution in [0.5, 0.6) is 0 Å². The monoisotopic (exact) mass is 486 g/mol. The number of aromatic nitrogens is 2. The number of guanidine groups is 1. The smallest absolute Gasteiger partial charge is 0.325 e. The lowest BCUT2D eigenvalue weighted by Gasteiger charge is -2.36. The van der Waals surface area contributed by atoms with Crippen molar-refractivity contribution in [1.82, 2.24) is 25.7 Å². The number of hydrogen-bond donors (Lipinski definition) is 10. The molecule has 17 heteroatoms. The number of carbonyl (C=O) groups excluding carboxylic acids is 3. The lowest BCUT2D eigenvalue weighted by atomic mass is 9.94. The molecule has 0 spiro atoms. The van der Waals surface area contributed by atoms with Crippen molar-refractivity contribution in [3.63, 3.8) is 0 Å². The van der Waals surface area contributed by atoms with Crippen molar-refractivity contribution in [1.29, 1.82) is 0 Å². The molecule has 0 aliphatic carbocycles. The van der Waals surface area contributed by atoms with Crippen LogP contribution in [-0.4, -0.2) is 96.5 Å². The Morgan fingerprint density at radius 3 is 2.44 bits per heavy atom. The molecule has 12 N–H and O–H groups in total. The van der Waals surface area contributed by atoms with E-state index in [9.17, 15) is 39.3 Å². The number of hydroxylamine groups is 1. The van der Waals surface area contributed by atoms with Crippen LogP contribution in [0.2, 0.25) is 0 Å². The van der Waals surface area contributed by atoms with Crippen LogP contribution in [0.25, 0.3) is 0 Å². The molecule has 0 bridgehead atoms. The van der Waals surface area contributed by atoms with Crippen molar-refractivity contribution in [3.05, 3.63) is 32.6 Å². The zero-order chi connectivity index (χ0) is 25.6. The van der Waals surface area contributed by atoms with Gasteiger partial charge in [-0.05, 0) is 6.42 Å². The Labute approximate surface area is 190 Å². The van der Waals surface area contributed by atoms with E-state index in [-0.39, 0.29) is 12.8 Å². The molecule has 5 atom stereocenters. The number of nitrogens with two attached hydrogens (primary N) is 2. The molecular weight excluding hydrogens is 460 g/mol. The molecule has 0 radical (unpaired) electrons. The van der Waals surface area contributed by atoms with Gasteiger partial charge in [0.1, 0.15) is 24.8 Å². The normalized spacial score (nSPS) is 18.1. The highest BCUT2D eigenvalue weighted by atomic mass is 16.5. The average molecular weight is 486 g/mol. The first-order chi connectivity index (χ1) is 16.0. The van der Waals surface area contributed by atoms with Crippen molar-refractivity contribution < 1.29 is 34.9 Å². The molecule has 0 saturated carbocycles. The molecule has 1 aliphatic heterocycles. The van der Waals surface area contributed by atoms with Crippen molar-refractivity contribution in [2.45, 2.75) is 43.2 Å². The summed E-state index contributed by atoms with van der Waals surface area (Å²) >= 11 is 0. The van der Waals surface area contributed by atoms with E-state index in [1.54, 1.807) is 5.48 Å². The van der Waals surface area contributed by atoms with E-state index < -0.39 is 84.0 Å². The summed E-state index contributed by atoms with van der Waals surface area (Å²) in [5.41, 5.74) is 10.0. The number of aromatic amines is 2. The fraction of sp³-hybridized carbons (Fsp3) is 0.529. The number of H-pyrrole nitrogens is 2. The largest absolute Gasteiger partial charge is 0.388 e. The van der Waals surface area contributed by atoms with Gasteiger partial charge in [0.15, 0.2) is 5.96 Å². The maximum absolute atomic E-state index is 12.3. The third kappa shape index (κ3) is 6.23. The van der Waals surface area contributed by atoms with E-state index in [0.717, 1.165) is 6.20 Å². The molecule has 34 heavy (non-hydrogen) atoms. The van der Waals surface area contributed by atoms with Crippen molar-refractivity contribution in [3.8, 4) is 0 Å². The molecular formula is C17H26N8O9. The molecule has 0 fully saturated rings. The van der Waals surface area contributed by atoms with Gasteiger partial charge in [-0.3, -0.25) is 29.1 Å². The second-order valence-corrected chi connectivity index (χ2v) is 7.39. The molecule has 3 amide bonds. The Morgan fingerprint density at radius 2 is 1.91 bits per heavy atom. The summed E-state index contributed by atoms with van der Waals surface area (Å²) < 4.78 is 0. The van der Waals surface area contributed by atoms with Crippen LogP contribution in [0.15, 0.2) is 20.8 Å². The first kappa shape index (κ1) is 26.6. The Balaban J connectivity index is 2.23. The molecule has 1 aliphatic rings. The maximum atomic E-state index is 12.3. The van der Waals surface area contributed by atoms with Gasteiger partial charge in [-0.15, -0.1) is 0 Å². The zero-order valence-electron chi connectivity index (χ0n) is 17.7. The minimum Gasteiger partial charge on any atom is -0.388 e. The predicted octanol–water partition coefficient (Wildman–Crippen LogP) is -5.93. The number of nitrogens with one attached hydrogen (secondary N) is 4. The fourth-order valence-corrected chi connectivity index (χ4v) is 3.27. The second-order valence-electron chi connectivity index (χ2n) is 7.39. The third-order valence-corrected chi connectivity index (χ3v) is 5.06. The molecule has 0 aromatic carbocycles. The fourth-order valence-electron chi connectivity index (χ4n) is 3.27. The van der Waals surface area contributed by atoms with Gasteiger partial charge in [0.05, 0.1) is 17.7 Å². The summed E-state index contributed by atoms with van der Waals surface area (Å²) in [5.74, 6) is -2.73. The third-order valence-electron chi connectivity index (χ3n) is 5.06. The lowest BCUT2D eigenvalue weighted by Crippen LogP contribution is -2.59. The number of amides is 3. The summed E-state index contributed by atoms with van der Waals surface area (Å²) in [6, 6.07) is -3.01. The average Bonchev–Trinajstić information content (AvgIpc) is 3.10. The van der Waals surface area contributed by atoms with E-state index >= 15 is 0 Å². The van der Waals surface area contributed by atoms with Gasteiger partial charge >= 0.3 is 5.69 Å². The highest BCUT2D eigenvalue weighted by Gasteiger charge is 2.43. The van der Waals surface area contributed by atoms with Crippen LogP contribution in [0, 0.1) is 0 Å². The van der Waals surface area contributed by atoms with E-state index in [1.165, 1.54) is 0 Å². The summed E-state index contributed by atoms with van der Waals surface area (Å²) in [5, 5.41) is 43.3. The molecule has 2 heterocycles. The van der Waals surface area contributed by atoms with E-state index in [1.807, 2.05) is 4.98 Å². The van der Waals surface area contributed by atoms with Crippen LogP contribution in [0.1, 0.15) is 24.5 Å². The minimum absolute atomic E-state index is 0.165. The highest BCUT2D eigenvalue weighted by Crippen LogP contribution is 2.24. The van der Waals surface area contributed by atoms with Crippen LogP contribution >= 0.6 is 0 Å². The number of rotatable bonds is 12. The van der Waals surface area contributed by atoms with Crippen molar-refractivity contribution >= 4 is 23.7 Å². The number of nitrogens with zero attached hydrogens (tertiary/aromatic N) is 2. The molecule has 4 unspecified atom stereocenters. The topological polar surface area (TPSA) is 290 Å². The number of aliphatic imine (C=N–C) groups is 1. The number of hydrogen-bond acceptors (Lipinski definition) is 12. The van der Waals surface area contributed by atoms with Crippen molar-refractivity contribution in [2.24, 2.45) is 16.5 Å². The van der Waals surface area contributed by atoms with E-state index in [0.29, 0.717) is 4.90 Å². The number of carbonyl (C=O) groups is 3. The molecule has 0 saturated heterocycles. The van der Waals surface area contributed by atoms with E-state index in [4.69, 9.17) is 16.7 Å². The van der Waals surface area contributed by atoms with Gasteiger partial charge in [-0.1, -0.05) is 0 Å². The Morgan fingerprint density at radius 1 is 1.24 bits per heavy atom. The highest BCUT2D eigenvalue weighted by molar-refractivity contribution is 6.02. The molecule has 1 aromatic rings. The Hall–Kier alpha value is -3.64.